The molecule has 8 nitrogen and oxygen atoms in total. The van der Waals surface area contributed by atoms with Gasteiger partial charge in [-0.3, -0.25) is 0 Å². The molecule has 0 aliphatic carbocycles. The number of halogens is 1. The van der Waals surface area contributed by atoms with Crippen molar-refractivity contribution < 1.29 is 12.8 Å². The van der Waals surface area contributed by atoms with Crippen LogP contribution in [0.15, 0.2) is 54.7 Å². The molecule has 0 radical (unpaired) electrons. The Hall–Kier alpha value is -3.11. The lowest BCUT2D eigenvalue weighted by molar-refractivity contribution is 0.383. The highest BCUT2D eigenvalue weighted by molar-refractivity contribution is 7.88. The Morgan fingerprint density at radius 3 is 2.52 bits per heavy atom. The number of sulfonamides is 1. The van der Waals surface area contributed by atoms with Gasteiger partial charge in [-0.2, -0.15) is 4.31 Å². The van der Waals surface area contributed by atoms with Crippen LogP contribution in [0.3, 0.4) is 0 Å². The van der Waals surface area contributed by atoms with E-state index in [9.17, 15) is 12.8 Å². The van der Waals surface area contributed by atoms with Crippen LogP contribution in [0.1, 0.15) is 11.4 Å². The molecule has 3 aromatic rings. The average molecular weight is 443 g/mol. The second-order valence-corrected chi connectivity index (χ2v) is 9.24. The lowest BCUT2D eigenvalue weighted by Gasteiger charge is -2.34. The van der Waals surface area contributed by atoms with Crippen LogP contribution >= 0.6 is 0 Å². The molecule has 1 fully saturated rings. The number of anilines is 3. The smallest absolute Gasteiger partial charge is 0.218 e. The number of nitrogens with zero attached hydrogens (tertiary/aromatic N) is 5. The lowest BCUT2D eigenvalue weighted by atomic mass is 10.2. The molecule has 31 heavy (non-hydrogen) atoms. The van der Waals surface area contributed by atoms with Crippen LogP contribution in [-0.4, -0.2) is 53.9 Å². The highest BCUT2D eigenvalue weighted by Gasteiger charge is 2.28. The quantitative estimate of drug-likeness (QED) is 0.628. The maximum atomic E-state index is 13.4. The van der Waals surface area contributed by atoms with Crippen LogP contribution in [0, 0.1) is 12.7 Å². The Morgan fingerprint density at radius 1 is 1.00 bits per heavy atom. The molecule has 162 valence electrons. The van der Waals surface area contributed by atoms with Crippen molar-refractivity contribution in [2.45, 2.75) is 12.7 Å². The van der Waals surface area contributed by atoms with Gasteiger partial charge in [0.2, 0.25) is 10.0 Å². The van der Waals surface area contributed by atoms with Crippen LogP contribution in [0.5, 0.6) is 0 Å². The van der Waals surface area contributed by atoms with Gasteiger partial charge in [-0.05, 0) is 36.8 Å². The van der Waals surface area contributed by atoms with Gasteiger partial charge in [-0.15, -0.1) is 0 Å². The number of aromatic nitrogens is 3. The molecular formula is C21H23FN6O2S. The Morgan fingerprint density at radius 2 is 1.81 bits per heavy atom. The summed E-state index contributed by atoms with van der Waals surface area (Å²) < 4.78 is 40.4. The normalized spacial score (nSPS) is 15.1. The maximum absolute atomic E-state index is 13.4. The van der Waals surface area contributed by atoms with Gasteiger partial charge >= 0.3 is 0 Å². The zero-order valence-corrected chi connectivity index (χ0v) is 17.9. The van der Waals surface area contributed by atoms with E-state index in [1.54, 1.807) is 12.3 Å². The van der Waals surface area contributed by atoms with E-state index in [2.05, 4.69) is 20.3 Å². The summed E-state index contributed by atoms with van der Waals surface area (Å²) in [5.74, 6) is 1.99. The first-order valence-corrected chi connectivity index (χ1v) is 11.5. The number of benzene rings is 1. The third-order valence-electron chi connectivity index (χ3n) is 4.94. The van der Waals surface area contributed by atoms with Gasteiger partial charge in [0.05, 0.1) is 5.75 Å². The molecule has 3 heterocycles. The molecule has 0 atom stereocenters. The van der Waals surface area contributed by atoms with E-state index in [1.807, 2.05) is 36.1 Å². The van der Waals surface area contributed by atoms with Gasteiger partial charge in [-0.1, -0.05) is 18.2 Å². The first-order valence-electron chi connectivity index (χ1n) is 9.90. The van der Waals surface area contributed by atoms with Gasteiger partial charge < -0.3 is 10.2 Å². The summed E-state index contributed by atoms with van der Waals surface area (Å²) in [5, 5.41) is 3.16. The molecule has 10 heteroatoms. The Kier molecular flexibility index (Phi) is 6.10. The van der Waals surface area contributed by atoms with Crippen molar-refractivity contribution in [1.29, 1.82) is 0 Å². The molecule has 0 bridgehead atoms. The topological polar surface area (TPSA) is 91.3 Å². The second kappa shape index (κ2) is 8.94. The summed E-state index contributed by atoms with van der Waals surface area (Å²) in [4.78, 5) is 15.2. The standard InChI is InChI=1S/C21H23FN6O2S/c1-16-24-20(26-19-7-2-3-8-23-19)14-21(25-16)27-9-11-28(12-10-27)31(29,30)15-17-5-4-6-18(22)13-17/h2-8,13-14H,9-12,15H2,1H3,(H,23,24,25,26). The predicted molar refractivity (Wildman–Crippen MR) is 117 cm³/mol. The van der Waals surface area contributed by atoms with E-state index in [-0.39, 0.29) is 5.75 Å². The average Bonchev–Trinajstić information content (AvgIpc) is 2.74. The molecule has 0 amide bonds. The third-order valence-corrected chi connectivity index (χ3v) is 6.79. The van der Waals surface area contributed by atoms with Crippen molar-refractivity contribution in [2.24, 2.45) is 0 Å². The van der Waals surface area contributed by atoms with Crippen LogP contribution in [0.25, 0.3) is 0 Å². The van der Waals surface area contributed by atoms with Crippen LogP contribution in [0.2, 0.25) is 0 Å². The van der Waals surface area contributed by atoms with Crippen molar-refractivity contribution in [2.75, 3.05) is 36.4 Å². The molecule has 0 unspecified atom stereocenters. The van der Waals surface area contributed by atoms with E-state index in [4.69, 9.17) is 0 Å². The molecule has 1 aliphatic rings. The highest BCUT2D eigenvalue weighted by atomic mass is 32.2. The zero-order chi connectivity index (χ0) is 21.8. The van der Waals surface area contributed by atoms with Gasteiger partial charge in [-0.25, -0.2) is 27.8 Å². The maximum Gasteiger partial charge on any atom is 0.218 e. The molecule has 0 spiro atoms. The molecular weight excluding hydrogens is 419 g/mol. The van der Waals surface area contributed by atoms with Crippen molar-refractivity contribution in [1.82, 2.24) is 19.3 Å². The fourth-order valence-corrected chi connectivity index (χ4v) is 4.97. The lowest BCUT2D eigenvalue weighted by Crippen LogP contribution is -2.49. The van der Waals surface area contributed by atoms with Gasteiger partial charge in [0, 0.05) is 38.4 Å². The Balaban J connectivity index is 1.42. The number of hydrogen-bond acceptors (Lipinski definition) is 7. The number of pyridine rings is 1. The molecule has 0 saturated carbocycles. The van der Waals surface area contributed by atoms with Crippen LogP contribution in [0.4, 0.5) is 21.8 Å². The number of rotatable bonds is 6. The predicted octanol–water partition coefficient (Wildman–Crippen LogP) is 2.71. The van der Waals surface area contributed by atoms with E-state index in [1.165, 1.54) is 22.5 Å². The molecule has 1 saturated heterocycles. The number of piperazine rings is 1. The van der Waals surface area contributed by atoms with Crippen molar-refractivity contribution in [3.63, 3.8) is 0 Å². The SMILES string of the molecule is Cc1nc(Nc2ccccn2)cc(N2CCN(S(=O)(=O)Cc3cccc(F)c3)CC2)n1. The highest BCUT2D eigenvalue weighted by Crippen LogP contribution is 2.21. The van der Waals surface area contributed by atoms with E-state index in [0.717, 1.165) is 5.82 Å². The minimum atomic E-state index is -3.53. The van der Waals surface area contributed by atoms with Crippen molar-refractivity contribution in [3.05, 3.63) is 71.9 Å². The van der Waals surface area contributed by atoms with Gasteiger partial charge in [0.1, 0.15) is 29.1 Å². The summed E-state index contributed by atoms with van der Waals surface area (Å²) in [5.41, 5.74) is 0.444. The molecule has 1 aromatic carbocycles. The summed E-state index contributed by atoms with van der Waals surface area (Å²) in [7, 11) is -3.53. The number of nitrogens with one attached hydrogen (secondary N) is 1. The summed E-state index contributed by atoms with van der Waals surface area (Å²) >= 11 is 0. The van der Waals surface area contributed by atoms with Gasteiger partial charge in [0.15, 0.2) is 0 Å². The molecule has 4 rings (SSSR count). The van der Waals surface area contributed by atoms with Crippen LogP contribution in [-0.2, 0) is 15.8 Å². The van der Waals surface area contributed by atoms with E-state index >= 15 is 0 Å². The summed E-state index contributed by atoms with van der Waals surface area (Å²) in [6.45, 7) is 3.49. The van der Waals surface area contributed by atoms with Crippen molar-refractivity contribution in [3.8, 4) is 0 Å². The van der Waals surface area contributed by atoms with Crippen molar-refractivity contribution >= 4 is 27.5 Å². The molecule has 2 aromatic heterocycles. The van der Waals surface area contributed by atoms with Crippen LogP contribution < -0.4 is 10.2 Å². The van der Waals surface area contributed by atoms with E-state index in [0.29, 0.717) is 49.2 Å². The Labute approximate surface area is 180 Å². The monoisotopic (exact) mass is 442 g/mol. The van der Waals surface area contributed by atoms with Gasteiger partial charge in [0.25, 0.3) is 0 Å². The molecule has 1 N–H and O–H groups in total. The fraction of sp³-hybridized carbons (Fsp3) is 0.286. The minimum Gasteiger partial charge on any atom is -0.354 e. The zero-order valence-electron chi connectivity index (χ0n) is 17.1. The summed E-state index contributed by atoms with van der Waals surface area (Å²) in [6.07, 6.45) is 1.70. The van der Waals surface area contributed by atoms with E-state index < -0.39 is 15.8 Å². The second-order valence-electron chi connectivity index (χ2n) is 7.27. The first-order chi connectivity index (χ1) is 14.9. The number of hydrogen-bond donors (Lipinski definition) is 1. The summed E-state index contributed by atoms with van der Waals surface area (Å²) in [6, 6.07) is 13.1. The third kappa shape index (κ3) is 5.33. The largest absolute Gasteiger partial charge is 0.354 e. The number of aryl methyl sites for hydroxylation is 1. The Bertz CT molecular complexity index is 1150. The fourth-order valence-electron chi connectivity index (χ4n) is 3.47. The minimum absolute atomic E-state index is 0.213. The molecule has 1 aliphatic heterocycles. The first kappa shape index (κ1) is 21.1.